The van der Waals surface area contributed by atoms with Crippen molar-refractivity contribution in [2.45, 2.75) is 51.1 Å². The summed E-state index contributed by atoms with van der Waals surface area (Å²) in [6, 6.07) is 11.1. The number of sulfonamides is 1. The Hall–Kier alpha value is -2.51. The minimum absolute atomic E-state index is 0.191. The molecule has 1 N–H and O–H groups in total. The highest BCUT2D eigenvalue weighted by Gasteiger charge is 2.44. The van der Waals surface area contributed by atoms with Crippen LogP contribution in [0.4, 0.5) is 0 Å². The third-order valence-electron chi connectivity index (χ3n) is 6.33. The summed E-state index contributed by atoms with van der Waals surface area (Å²) >= 11 is 0. The molecule has 2 aromatic carbocycles. The second kappa shape index (κ2) is 7.32. The summed E-state index contributed by atoms with van der Waals surface area (Å²) in [4.78, 5) is 17.7. The van der Waals surface area contributed by atoms with E-state index in [9.17, 15) is 13.2 Å². The van der Waals surface area contributed by atoms with E-state index in [-0.39, 0.29) is 5.91 Å². The number of nitrogens with zero attached hydrogens (tertiary/aromatic N) is 2. The maximum absolute atomic E-state index is 13.1. The monoisotopic (exact) mass is 425 g/mol. The van der Waals surface area contributed by atoms with Gasteiger partial charge in [0.1, 0.15) is 11.4 Å². The Morgan fingerprint density at radius 3 is 2.10 bits per heavy atom. The Morgan fingerprint density at radius 1 is 0.900 bits per heavy atom. The summed E-state index contributed by atoms with van der Waals surface area (Å²) in [6.07, 6.45) is 0.911. The molecule has 1 amide bonds. The van der Waals surface area contributed by atoms with E-state index < -0.39 is 15.7 Å². The normalized spacial score (nSPS) is 19.1. The average Bonchev–Trinajstić information content (AvgIpc) is 3.02. The molecule has 1 fully saturated rings. The molecule has 6 nitrogen and oxygen atoms in total. The molecule has 7 heteroatoms. The van der Waals surface area contributed by atoms with Gasteiger partial charge in [0.05, 0.1) is 4.90 Å². The summed E-state index contributed by atoms with van der Waals surface area (Å²) < 4.78 is 27.7. The molecule has 1 saturated heterocycles. The van der Waals surface area contributed by atoms with E-state index in [4.69, 9.17) is 4.99 Å². The van der Waals surface area contributed by atoms with E-state index >= 15 is 0 Å². The lowest BCUT2D eigenvalue weighted by Gasteiger charge is -2.36. The van der Waals surface area contributed by atoms with Crippen molar-refractivity contribution in [1.29, 1.82) is 0 Å². The van der Waals surface area contributed by atoms with Gasteiger partial charge in [0.15, 0.2) is 0 Å². The third kappa shape index (κ3) is 3.56. The van der Waals surface area contributed by atoms with Crippen LogP contribution in [0, 0.1) is 27.7 Å². The summed E-state index contributed by atoms with van der Waals surface area (Å²) in [7, 11) is -3.56. The van der Waals surface area contributed by atoms with Crippen LogP contribution in [-0.4, -0.2) is 43.1 Å². The first-order valence-electron chi connectivity index (χ1n) is 10.2. The van der Waals surface area contributed by atoms with Gasteiger partial charge in [0.2, 0.25) is 10.0 Å². The molecule has 2 aliphatic rings. The molecule has 0 aliphatic carbocycles. The molecule has 1 spiro atoms. The van der Waals surface area contributed by atoms with Crippen molar-refractivity contribution in [1.82, 2.24) is 9.62 Å². The van der Waals surface area contributed by atoms with Crippen molar-refractivity contribution >= 4 is 21.6 Å². The number of piperidine rings is 1. The van der Waals surface area contributed by atoms with Gasteiger partial charge in [-0.1, -0.05) is 18.2 Å². The highest BCUT2D eigenvalue weighted by molar-refractivity contribution is 7.89. The minimum Gasteiger partial charge on any atom is -0.326 e. The first kappa shape index (κ1) is 20.8. The van der Waals surface area contributed by atoms with E-state index in [2.05, 4.69) is 5.32 Å². The van der Waals surface area contributed by atoms with Gasteiger partial charge in [0, 0.05) is 31.5 Å². The van der Waals surface area contributed by atoms with E-state index in [0.717, 1.165) is 27.8 Å². The van der Waals surface area contributed by atoms with Crippen LogP contribution in [0.2, 0.25) is 0 Å². The molecule has 2 aliphatic heterocycles. The molecule has 2 aromatic rings. The first-order chi connectivity index (χ1) is 14.1. The van der Waals surface area contributed by atoms with Gasteiger partial charge in [-0.25, -0.2) is 8.42 Å². The fourth-order valence-electron chi connectivity index (χ4n) is 4.00. The van der Waals surface area contributed by atoms with Crippen molar-refractivity contribution in [3.05, 3.63) is 64.2 Å². The number of carbonyl (C=O) groups excluding carboxylic acids is 1. The second-order valence-electron chi connectivity index (χ2n) is 8.40. The number of hydrogen-bond donors (Lipinski definition) is 1. The predicted molar refractivity (Wildman–Crippen MR) is 117 cm³/mol. The van der Waals surface area contributed by atoms with Gasteiger partial charge in [-0.15, -0.1) is 0 Å². The van der Waals surface area contributed by atoms with E-state index in [1.807, 2.05) is 52.0 Å². The maximum Gasteiger partial charge on any atom is 0.272 e. The topological polar surface area (TPSA) is 78.8 Å². The van der Waals surface area contributed by atoms with E-state index in [1.54, 1.807) is 12.1 Å². The van der Waals surface area contributed by atoms with Crippen LogP contribution in [0.1, 0.15) is 40.7 Å². The molecule has 4 rings (SSSR count). The van der Waals surface area contributed by atoms with Crippen molar-refractivity contribution in [3.8, 4) is 0 Å². The summed E-state index contributed by atoms with van der Waals surface area (Å²) in [5, 5.41) is 3.02. The zero-order valence-corrected chi connectivity index (χ0v) is 18.6. The number of aliphatic imine (C=N–C) groups is 1. The van der Waals surface area contributed by atoms with Crippen LogP contribution in [-0.2, 0) is 14.8 Å². The Kier molecular flexibility index (Phi) is 5.06. The molecule has 0 atom stereocenters. The van der Waals surface area contributed by atoms with Crippen LogP contribution in [0.3, 0.4) is 0 Å². The molecule has 0 unspecified atom stereocenters. The highest BCUT2D eigenvalue weighted by Crippen LogP contribution is 2.32. The van der Waals surface area contributed by atoms with Gasteiger partial charge in [-0.05, 0) is 68.1 Å². The van der Waals surface area contributed by atoms with Crippen LogP contribution in [0.15, 0.2) is 46.3 Å². The largest absolute Gasteiger partial charge is 0.326 e. The van der Waals surface area contributed by atoms with Crippen LogP contribution < -0.4 is 5.32 Å². The van der Waals surface area contributed by atoms with Crippen molar-refractivity contribution < 1.29 is 13.2 Å². The molecule has 2 heterocycles. The Balaban J connectivity index is 1.55. The molecule has 0 saturated carbocycles. The van der Waals surface area contributed by atoms with Crippen molar-refractivity contribution in [2.24, 2.45) is 4.99 Å². The quantitative estimate of drug-likeness (QED) is 0.821. The summed E-state index contributed by atoms with van der Waals surface area (Å²) in [5.74, 6) is -0.191. The molecule has 158 valence electrons. The standard InChI is InChI=1S/C23H27N3O3S/c1-15-5-7-19(13-17(15)3)21-22(27)25-23(24-21)9-11-26(12-10-23)30(28,29)20-8-6-16(2)18(4)14-20/h5-8,13-14H,9-12H2,1-4H3,(H,25,27). The molecular weight excluding hydrogens is 398 g/mol. The number of amides is 1. The van der Waals surface area contributed by atoms with Gasteiger partial charge in [-0.2, -0.15) is 4.31 Å². The molecule has 30 heavy (non-hydrogen) atoms. The summed E-state index contributed by atoms with van der Waals surface area (Å²) in [5.41, 5.74) is 4.81. The molecule has 0 radical (unpaired) electrons. The first-order valence-corrected chi connectivity index (χ1v) is 11.6. The minimum atomic E-state index is -3.56. The van der Waals surface area contributed by atoms with Crippen LogP contribution in [0.5, 0.6) is 0 Å². The van der Waals surface area contributed by atoms with Crippen molar-refractivity contribution in [2.75, 3.05) is 13.1 Å². The number of benzene rings is 2. The van der Waals surface area contributed by atoms with Gasteiger partial charge >= 0.3 is 0 Å². The lowest BCUT2D eigenvalue weighted by Crippen LogP contribution is -2.52. The van der Waals surface area contributed by atoms with Gasteiger partial charge < -0.3 is 5.32 Å². The maximum atomic E-state index is 13.1. The Morgan fingerprint density at radius 2 is 1.50 bits per heavy atom. The SMILES string of the molecule is Cc1ccc(C2=NC3(CCN(S(=O)(=O)c4ccc(C)c(C)c4)CC3)NC2=O)cc1C. The number of hydrogen-bond acceptors (Lipinski definition) is 4. The number of carbonyl (C=O) groups is 1. The number of aryl methyl sites for hydroxylation is 4. The highest BCUT2D eigenvalue weighted by atomic mass is 32.2. The predicted octanol–water partition coefficient (Wildman–Crippen LogP) is 3.02. The zero-order valence-electron chi connectivity index (χ0n) is 17.8. The average molecular weight is 426 g/mol. The van der Waals surface area contributed by atoms with Gasteiger partial charge in [-0.3, -0.25) is 9.79 Å². The fourth-order valence-corrected chi connectivity index (χ4v) is 5.53. The molecular formula is C23H27N3O3S. The molecule has 0 aromatic heterocycles. The van der Waals surface area contributed by atoms with E-state index in [1.165, 1.54) is 4.31 Å². The van der Waals surface area contributed by atoms with E-state index in [0.29, 0.717) is 36.5 Å². The summed E-state index contributed by atoms with van der Waals surface area (Å²) in [6.45, 7) is 8.56. The lowest BCUT2D eigenvalue weighted by molar-refractivity contribution is -0.115. The lowest BCUT2D eigenvalue weighted by atomic mass is 10.00. The van der Waals surface area contributed by atoms with Gasteiger partial charge in [0.25, 0.3) is 5.91 Å². The third-order valence-corrected chi connectivity index (χ3v) is 8.23. The van der Waals surface area contributed by atoms with Crippen LogP contribution in [0.25, 0.3) is 0 Å². The Labute approximate surface area is 178 Å². The number of rotatable bonds is 3. The molecule has 0 bridgehead atoms. The smallest absolute Gasteiger partial charge is 0.272 e. The fraction of sp³-hybridized carbons (Fsp3) is 0.391. The van der Waals surface area contributed by atoms with Crippen LogP contribution >= 0.6 is 0 Å². The Bertz CT molecular complexity index is 1160. The second-order valence-corrected chi connectivity index (χ2v) is 10.3. The zero-order chi connectivity index (χ0) is 21.7. The number of nitrogens with one attached hydrogen (secondary N) is 1. The van der Waals surface area contributed by atoms with Crippen molar-refractivity contribution in [3.63, 3.8) is 0 Å².